The predicted molar refractivity (Wildman–Crippen MR) is 32.5 cm³/mol. The van der Waals surface area contributed by atoms with Gasteiger partial charge in [0.1, 0.15) is 0 Å². The molecule has 0 spiro atoms. The lowest BCUT2D eigenvalue weighted by Gasteiger charge is -2.08. The van der Waals surface area contributed by atoms with Crippen LogP contribution in [0.5, 0.6) is 0 Å². The van der Waals surface area contributed by atoms with Crippen LogP contribution in [0.2, 0.25) is 0 Å². The summed E-state index contributed by atoms with van der Waals surface area (Å²) in [5.41, 5.74) is -0.575. The van der Waals surface area contributed by atoms with Crippen molar-refractivity contribution in [1.82, 2.24) is 5.32 Å². The van der Waals surface area contributed by atoms with Crippen LogP contribution in [0.4, 0.5) is 0 Å². The van der Waals surface area contributed by atoms with Crippen molar-refractivity contribution in [3.63, 3.8) is 0 Å². The summed E-state index contributed by atoms with van der Waals surface area (Å²) in [5.74, 6) is -0.347. The predicted octanol–water partition coefficient (Wildman–Crippen LogP) is -0.229. The highest BCUT2D eigenvalue weighted by molar-refractivity contribution is 5.90. The normalized spacial score (nSPS) is 34.1. The van der Waals surface area contributed by atoms with Crippen LogP contribution in [0, 0.1) is 0 Å². The van der Waals surface area contributed by atoms with Gasteiger partial charge in [0.2, 0.25) is 0 Å². The first kappa shape index (κ1) is 6.29. The van der Waals surface area contributed by atoms with Gasteiger partial charge in [-0.05, 0) is 19.9 Å². The van der Waals surface area contributed by atoms with Crippen LogP contribution in [-0.2, 0) is 4.79 Å². The smallest absolute Gasteiger partial charge is 0.259 e. The topological polar surface area (TPSA) is 49.3 Å². The Hall–Kier alpha value is -0.830. The Bertz CT molecular complexity index is 181. The second kappa shape index (κ2) is 1.57. The molecule has 1 amide bonds. The summed E-state index contributed by atoms with van der Waals surface area (Å²) in [7, 11) is 0. The van der Waals surface area contributed by atoms with Gasteiger partial charge in [0.05, 0.1) is 0 Å². The quantitative estimate of drug-likeness (QED) is 0.472. The summed E-state index contributed by atoms with van der Waals surface area (Å²) in [6.07, 6.45) is 1.50. The van der Waals surface area contributed by atoms with E-state index in [0.29, 0.717) is 5.70 Å². The number of carbonyl (C=O) groups is 1. The van der Waals surface area contributed by atoms with E-state index in [9.17, 15) is 4.79 Å². The minimum absolute atomic E-state index is 0.347. The average Bonchev–Trinajstić information content (AvgIpc) is 1.79. The Balaban J connectivity index is 2.89. The van der Waals surface area contributed by atoms with E-state index in [1.165, 1.54) is 13.0 Å². The molecule has 0 aliphatic carbocycles. The van der Waals surface area contributed by atoms with E-state index in [-0.39, 0.29) is 5.91 Å². The number of nitrogens with one attached hydrogen (secondary N) is 1. The molecule has 0 aromatic heterocycles. The zero-order valence-electron chi connectivity index (χ0n) is 5.43. The van der Waals surface area contributed by atoms with Crippen molar-refractivity contribution in [2.45, 2.75) is 19.4 Å². The second-order valence-corrected chi connectivity index (χ2v) is 2.43. The summed E-state index contributed by atoms with van der Waals surface area (Å²) < 4.78 is 0. The molecule has 9 heavy (non-hydrogen) atoms. The average molecular weight is 127 g/mol. The third kappa shape index (κ3) is 0.954. The minimum Gasteiger partial charge on any atom is -0.376 e. The summed E-state index contributed by atoms with van der Waals surface area (Å²) in [6.45, 7) is 3.19. The molecule has 2 N–H and O–H groups in total. The van der Waals surface area contributed by atoms with Crippen LogP contribution in [0.25, 0.3) is 0 Å². The lowest BCUT2D eigenvalue weighted by Crippen LogP contribution is -2.35. The molecular formula is C6H9NO2. The molecule has 0 aromatic carbocycles. The van der Waals surface area contributed by atoms with Crippen molar-refractivity contribution in [3.05, 3.63) is 11.8 Å². The molecule has 1 unspecified atom stereocenters. The molecule has 3 heteroatoms. The van der Waals surface area contributed by atoms with Crippen molar-refractivity contribution in [2.24, 2.45) is 0 Å². The minimum atomic E-state index is -1.29. The molecule has 3 nitrogen and oxygen atoms in total. The number of rotatable bonds is 0. The Kier molecular flexibility index (Phi) is 1.10. The molecule has 1 aliphatic heterocycles. The molecule has 1 heterocycles. The van der Waals surface area contributed by atoms with E-state index in [1.54, 1.807) is 6.92 Å². The lowest BCUT2D eigenvalue weighted by molar-refractivity contribution is -0.131. The monoisotopic (exact) mass is 127 g/mol. The molecule has 0 bridgehead atoms. The maximum absolute atomic E-state index is 10.7. The molecule has 1 rings (SSSR count). The van der Waals surface area contributed by atoms with Gasteiger partial charge in [-0.3, -0.25) is 4.79 Å². The van der Waals surface area contributed by atoms with Gasteiger partial charge in [-0.2, -0.15) is 0 Å². The highest BCUT2D eigenvalue weighted by Crippen LogP contribution is 2.14. The summed E-state index contributed by atoms with van der Waals surface area (Å²) in [4.78, 5) is 10.7. The first-order chi connectivity index (χ1) is 4.02. The molecule has 0 fully saturated rings. The van der Waals surface area contributed by atoms with Gasteiger partial charge in [-0.1, -0.05) is 0 Å². The summed E-state index contributed by atoms with van der Waals surface area (Å²) in [5, 5.41) is 11.6. The van der Waals surface area contributed by atoms with E-state index in [1.807, 2.05) is 0 Å². The van der Waals surface area contributed by atoms with E-state index in [0.717, 1.165) is 0 Å². The Morgan fingerprint density at radius 1 is 1.78 bits per heavy atom. The maximum Gasteiger partial charge on any atom is 0.259 e. The summed E-state index contributed by atoms with van der Waals surface area (Å²) >= 11 is 0. The zero-order chi connectivity index (χ0) is 7.07. The lowest BCUT2D eigenvalue weighted by atomic mass is 10.1. The number of allylic oxidation sites excluding steroid dienone is 1. The largest absolute Gasteiger partial charge is 0.376 e. The first-order valence-electron chi connectivity index (χ1n) is 2.76. The first-order valence-corrected chi connectivity index (χ1v) is 2.76. The highest BCUT2D eigenvalue weighted by Gasteiger charge is 2.32. The van der Waals surface area contributed by atoms with Crippen molar-refractivity contribution in [3.8, 4) is 0 Å². The number of hydrogen-bond donors (Lipinski definition) is 2. The van der Waals surface area contributed by atoms with Crippen molar-refractivity contribution in [2.75, 3.05) is 0 Å². The second-order valence-electron chi connectivity index (χ2n) is 2.43. The zero-order valence-corrected chi connectivity index (χ0v) is 5.43. The van der Waals surface area contributed by atoms with Crippen LogP contribution < -0.4 is 5.32 Å². The molecule has 0 saturated heterocycles. The van der Waals surface area contributed by atoms with Crippen LogP contribution in [0.15, 0.2) is 11.8 Å². The fourth-order valence-corrected chi connectivity index (χ4v) is 0.829. The van der Waals surface area contributed by atoms with Gasteiger partial charge in [-0.25, -0.2) is 0 Å². The van der Waals surface area contributed by atoms with E-state index < -0.39 is 5.60 Å². The Morgan fingerprint density at radius 2 is 2.33 bits per heavy atom. The molecule has 50 valence electrons. The van der Waals surface area contributed by atoms with Crippen LogP contribution >= 0.6 is 0 Å². The highest BCUT2D eigenvalue weighted by atomic mass is 16.3. The number of aliphatic hydroxyl groups is 1. The van der Waals surface area contributed by atoms with Gasteiger partial charge >= 0.3 is 0 Å². The van der Waals surface area contributed by atoms with Crippen LogP contribution in [-0.4, -0.2) is 16.6 Å². The van der Waals surface area contributed by atoms with Gasteiger partial charge < -0.3 is 10.4 Å². The molecule has 1 atom stereocenters. The van der Waals surface area contributed by atoms with Gasteiger partial charge in [-0.15, -0.1) is 0 Å². The maximum atomic E-state index is 10.7. The fourth-order valence-electron chi connectivity index (χ4n) is 0.829. The Labute approximate surface area is 53.4 Å². The van der Waals surface area contributed by atoms with Crippen molar-refractivity contribution >= 4 is 5.91 Å². The molecule has 1 aliphatic rings. The number of carbonyl (C=O) groups excluding carboxylic acids is 1. The number of amides is 1. The van der Waals surface area contributed by atoms with Gasteiger partial charge in [0, 0.05) is 5.70 Å². The van der Waals surface area contributed by atoms with Gasteiger partial charge in [0.15, 0.2) is 5.60 Å². The molecular weight excluding hydrogens is 118 g/mol. The van der Waals surface area contributed by atoms with Crippen LogP contribution in [0.1, 0.15) is 13.8 Å². The van der Waals surface area contributed by atoms with E-state index in [4.69, 9.17) is 5.11 Å². The fraction of sp³-hybridized carbons (Fsp3) is 0.500. The molecule has 0 radical (unpaired) electrons. The Morgan fingerprint density at radius 3 is 2.44 bits per heavy atom. The van der Waals surface area contributed by atoms with E-state index >= 15 is 0 Å². The van der Waals surface area contributed by atoms with Crippen molar-refractivity contribution in [1.29, 1.82) is 0 Å². The number of hydrogen-bond acceptors (Lipinski definition) is 2. The van der Waals surface area contributed by atoms with E-state index in [2.05, 4.69) is 5.32 Å². The molecule has 0 aromatic rings. The summed E-state index contributed by atoms with van der Waals surface area (Å²) in [6, 6.07) is 0. The third-order valence-corrected chi connectivity index (χ3v) is 1.27. The molecule has 0 saturated carbocycles. The third-order valence-electron chi connectivity index (χ3n) is 1.27. The standard InChI is InChI=1S/C6H9NO2/c1-4-3-6(2,9)5(8)7-4/h3,9H,1-2H3,(H,7,8). The van der Waals surface area contributed by atoms with Gasteiger partial charge in [0.25, 0.3) is 5.91 Å². The van der Waals surface area contributed by atoms with Crippen LogP contribution in [0.3, 0.4) is 0 Å². The SMILES string of the molecule is CC1=CC(C)(O)C(=O)N1. The van der Waals surface area contributed by atoms with Crippen molar-refractivity contribution < 1.29 is 9.90 Å².